The number of hydrogen-bond acceptors (Lipinski definition) is 5. The van der Waals surface area contributed by atoms with E-state index in [0.717, 1.165) is 11.5 Å². The van der Waals surface area contributed by atoms with Crippen molar-refractivity contribution in [1.82, 2.24) is 4.37 Å². The predicted molar refractivity (Wildman–Crippen MR) is 51.0 cm³/mol. The van der Waals surface area contributed by atoms with E-state index in [1.54, 1.807) is 0 Å². The molecular weight excluding hydrogens is 204 g/mol. The van der Waals surface area contributed by atoms with Gasteiger partial charge in [-0.05, 0) is 6.07 Å². The largest absolute Gasteiger partial charge is 0.467 e. The lowest BCUT2D eigenvalue weighted by molar-refractivity contribution is -0.384. The van der Waals surface area contributed by atoms with Crippen molar-refractivity contribution in [2.45, 2.75) is 0 Å². The molecule has 0 radical (unpaired) electrons. The van der Waals surface area contributed by atoms with E-state index in [1.807, 2.05) is 0 Å². The number of diazo groups is 1. The summed E-state index contributed by atoms with van der Waals surface area (Å²) in [6.45, 7) is 0. The third-order valence-electron chi connectivity index (χ3n) is 1.74. The van der Waals surface area contributed by atoms with Crippen molar-refractivity contribution in [2.75, 3.05) is 0 Å². The molecule has 0 saturated heterocycles. The number of fused-ring (bicyclic) bond motifs is 1. The van der Waals surface area contributed by atoms with Crippen LogP contribution in [0.25, 0.3) is 15.9 Å². The Morgan fingerprint density at radius 1 is 1.57 bits per heavy atom. The Hall–Kier alpha value is -2.07. The highest BCUT2D eigenvalue weighted by atomic mass is 32.1. The third-order valence-corrected chi connectivity index (χ3v) is 2.51. The fourth-order valence-corrected chi connectivity index (χ4v) is 1.74. The van der Waals surface area contributed by atoms with Gasteiger partial charge < -0.3 is 0 Å². The molecule has 0 N–H and O–H groups in total. The van der Waals surface area contributed by atoms with Gasteiger partial charge in [0.25, 0.3) is 5.69 Å². The van der Waals surface area contributed by atoms with E-state index in [1.165, 1.54) is 18.2 Å². The number of hydrogen-bond donors (Lipinski definition) is 0. The normalized spacial score (nSPS) is 9.93. The van der Waals surface area contributed by atoms with Crippen molar-refractivity contribution < 1.29 is 4.92 Å². The molecule has 0 aliphatic carbocycles. The van der Waals surface area contributed by atoms with Crippen LogP contribution in [0.5, 0.6) is 0 Å². The first kappa shape index (κ1) is 8.52. The van der Waals surface area contributed by atoms with Crippen LogP contribution in [0.3, 0.4) is 0 Å². The second-order valence-corrected chi connectivity index (χ2v) is 3.30. The molecule has 0 fully saturated rings. The Morgan fingerprint density at radius 3 is 3.00 bits per heavy atom. The van der Waals surface area contributed by atoms with Gasteiger partial charge in [-0.15, -0.1) is 0 Å². The van der Waals surface area contributed by atoms with Gasteiger partial charge in [-0.2, -0.15) is 4.37 Å². The van der Waals surface area contributed by atoms with E-state index in [9.17, 15) is 10.1 Å². The number of nitrogens with zero attached hydrogens (tertiary/aromatic N) is 4. The van der Waals surface area contributed by atoms with E-state index < -0.39 is 4.92 Å². The molecule has 68 valence electrons. The summed E-state index contributed by atoms with van der Waals surface area (Å²) in [5.74, 6) is 0. The Labute approximate surface area is 81.7 Å². The van der Waals surface area contributed by atoms with E-state index in [0.29, 0.717) is 10.9 Å². The van der Waals surface area contributed by atoms with Crippen molar-refractivity contribution in [2.24, 2.45) is 0 Å². The summed E-state index contributed by atoms with van der Waals surface area (Å²) in [5, 5.41) is 19.8. The zero-order chi connectivity index (χ0) is 10.1. The van der Waals surface area contributed by atoms with Gasteiger partial charge in [-0.1, -0.05) is 0 Å². The highest BCUT2D eigenvalue weighted by Gasteiger charge is 2.19. The molecule has 0 bridgehead atoms. The molecule has 0 unspecified atom stereocenters. The molecule has 0 amide bonds. The Balaban J connectivity index is 2.75. The van der Waals surface area contributed by atoms with Crippen LogP contribution in [0.15, 0.2) is 18.2 Å². The smallest absolute Gasteiger partial charge is 0.258 e. The summed E-state index contributed by atoms with van der Waals surface area (Å²) in [6.07, 6.45) is 0. The molecule has 2 aromatic rings. The first-order chi connectivity index (χ1) is 6.72. The lowest BCUT2D eigenvalue weighted by Crippen LogP contribution is -1.86. The standard InChI is InChI=1S/C7H3N4O2S/c8-9-7-5-3-4(11(12)13)1-2-6(5)10-14-7/h1-3H/q+1. The van der Waals surface area contributed by atoms with Crippen molar-refractivity contribution in [3.8, 4) is 0 Å². The Morgan fingerprint density at radius 2 is 2.36 bits per heavy atom. The molecule has 0 aliphatic heterocycles. The molecule has 0 saturated carbocycles. The lowest BCUT2D eigenvalue weighted by atomic mass is 10.2. The maximum absolute atomic E-state index is 10.5. The van der Waals surface area contributed by atoms with Gasteiger partial charge in [0, 0.05) is 12.1 Å². The molecule has 1 aromatic heterocycles. The lowest BCUT2D eigenvalue weighted by Gasteiger charge is -1.88. The van der Waals surface area contributed by atoms with Gasteiger partial charge >= 0.3 is 5.00 Å². The van der Waals surface area contributed by atoms with E-state index in [2.05, 4.69) is 9.35 Å². The second kappa shape index (κ2) is 3.01. The summed E-state index contributed by atoms with van der Waals surface area (Å²) in [7, 11) is 0. The zero-order valence-corrected chi connectivity index (χ0v) is 7.56. The molecule has 1 heterocycles. The SMILES string of the molecule is N#[N+]c1snc2ccc([N+](=O)[O-])cc12. The van der Waals surface area contributed by atoms with Crippen LogP contribution in [0.1, 0.15) is 0 Å². The van der Waals surface area contributed by atoms with Gasteiger partial charge in [0.15, 0.2) is 4.98 Å². The molecule has 6 nitrogen and oxygen atoms in total. The number of rotatable bonds is 1. The first-order valence-electron chi connectivity index (χ1n) is 3.61. The molecule has 0 atom stereocenters. The topological polar surface area (TPSA) is 84.2 Å². The number of non-ortho nitro benzene ring substituents is 1. The third kappa shape index (κ3) is 1.18. The summed E-state index contributed by atoms with van der Waals surface area (Å²) < 4.78 is 3.96. The van der Waals surface area contributed by atoms with E-state index >= 15 is 0 Å². The minimum Gasteiger partial charge on any atom is -0.258 e. The molecular formula is C7H3N4O2S+. The second-order valence-electron chi connectivity index (χ2n) is 2.55. The summed E-state index contributed by atoms with van der Waals surface area (Å²) >= 11 is 0.994. The van der Waals surface area contributed by atoms with Crippen LogP contribution in [0.2, 0.25) is 0 Å². The monoisotopic (exact) mass is 207 g/mol. The highest BCUT2D eigenvalue weighted by molar-refractivity contribution is 7.12. The maximum atomic E-state index is 10.5. The molecule has 2 rings (SSSR count). The number of benzene rings is 1. The minimum absolute atomic E-state index is 0.0393. The zero-order valence-electron chi connectivity index (χ0n) is 6.75. The van der Waals surface area contributed by atoms with Gasteiger partial charge in [0.1, 0.15) is 5.39 Å². The van der Waals surface area contributed by atoms with Crippen molar-refractivity contribution in [1.29, 1.82) is 5.39 Å². The van der Waals surface area contributed by atoms with Crippen LogP contribution < -0.4 is 0 Å². The van der Waals surface area contributed by atoms with Crippen LogP contribution in [0.4, 0.5) is 10.7 Å². The average molecular weight is 207 g/mol. The quantitative estimate of drug-likeness (QED) is 0.408. The fraction of sp³-hybridized carbons (Fsp3) is 0. The van der Waals surface area contributed by atoms with Crippen molar-refractivity contribution in [3.05, 3.63) is 33.3 Å². The van der Waals surface area contributed by atoms with Gasteiger partial charge in [0.2, 0.25) is 5.39 Å². The average Bonchev–Trinajstić information content (AvgIpc) is 2.59. The molecule has 1 aromatic carbocycles. The molecule has 0 spiro atoms. The Bertz CT molecular complexity index is 556. The number of aromatic nitrogens is 1. The highest BCUT2D eigenvalue weighted by Crippen LogP contribution is 2.32. The van der Waals surface area contributed by atoms with Crippen LogP contribution >= 0.6 is 11.5 Å². The maximum Gasteiger partial charge on any atom is 0.467 e. The van der Waals surface area contributed by atoms with Crippen LogP contribution in [-0.4, -0.2) is 9.30 Å². The van der Waals surface area contributed by atoms with Crippen molar-refractivity contribution >= 4 is 33.1 Å². The minimum atomic E-state index is -0.502. The summed E-state index contributed by atoms with van der Waals surface area (Å²) in [6, 6.07) is 4.23. The summed E-state index contributed by atoms with van der Waals surface area (Å²) in [5.41, 5.74) is 0.552. The van der Waals surface area contributed by atoms with E-state index in [-0.39, 0.29) is 10.7 Å². The van der Waals surface area contributed by atoms with Gasteiger partial charge in [0.05, 0.1) is 22.0 Å². The first-order valence-corrected chi connectivity index (χ1v) is 4.38. The Kier molecular flexibility index (Phi) is 1.83. The summed E-state index contributed by atoms with van der Waals surface area (Å²) in [4.78, 5) is 13.0. The fourth-order valence-electron chi connectivity index (χ4n) is 1.10. The van der Waals surface area contributed by atoms with Crippen molar-refractivity contribution in [3.63, 3.8) is 0 Å². The van der Waals surface area contributed by atoms with Gasteiger partial charge in [-0.25, -0.2) is 0 Å². The predicted octanol–water partition coefficient (Wildman–Crippen LogP) is 2.69. The molecule has 14 heavy (non-hydrogen) atoms. The number of nitro groups is 1. The molecule has 7 heteroatoms. The van der Waals surface area contributed by atoms with Gasteiger partial charge in [-0.3, -0.25) is 10.1 Å². The molecule has 0 aliphatic rings. The van der Waals surface area contributed by atoms with Crippen LogP contribution in [0, 0.1) is 15.5 Å². The number of nitro benzene ring substituents is 1. The van der Waals surface area contributed by atoms with Crippen LogP contribution in [-0.2, 0) is 0 Å². The van der Waals surface area contributed by atoms with E-state index in [4.69, 9.17) is 5.39 Å².